The minimum Gasteiger partial charge on any atom is -0.497 e. The van der Waals surface area contributed by atoms with E-state index in [-0.39, 0.29) is 24.6 Å². The predicted octanol–water partition coefficient (Wildman–Crippen LogP) is 1.40. The minimum absolute atomic E-state index is 0.0472. The fourth-order valence-electron chi connectivity index (χ4n) is 2.81. The monoisotopic (exact) mass is 379 g/mol. The fraction of sp³-hybridized carbons (Fsp3) is 0.579. The highest BCUT2D eigenvalue weighted by Gasteiger charge is 2.24. The summed E-state index contributed by atoms with van der Waals surface area (Å²) in [5.74, 6) is 1.50. The molecule has 1 aromatic carbocycles. The molecular formula is C19H29N3O5. The number of ether oxygens (including phenoxy) is 3. The summed E-state index contributed by atoms with van der Waals surface area (Å²) in [6, 6.07) is 7.45. The zero-order valence-corrected chi connectivity index (χ0v) is 16.0. The van der Waals surface area contributed by atoms with E-state index >= 15 is 0 Å². The molecule has 0 bridgehead atoms. The van der Waals surface area contributed by atoms with Crippen molar-refractivity contribution in [2.24, 2.45) is 0 Å². The van der Waals surface area contributed by atoms with Crippen molar-refractivity contribution in [3.63, 3.8) is 0 Å². The van der Waals surface area contributed by atoms with Gasteiger partial charge in [0.05, 0.1) is 20.3 Å². The molecule has 1 aliphatic heterocycles. The van der Waals surface area contributed by atoms with Gasteiger partial charge in [0.25, 0.3) is 0 Å². The van der Waals surface area contributed by atoms with Crippen LogP contribution in [0.1, 0.15) is 19.8 Å². The van der Waals surface area contributed by atoms with Crippen molar-refractivity contribution >= 4 is 12.0 Å². The Morgan fingerprint density at radius 1 is 1.15 bits per heavy atom. The topological polar surface area (TPSA) is 89.1 Å². The summed E-state index contributed by atoms with van der Waals surface area (Å²) >= 11 is 0. The number of benzene rings is 1. The van der Waals surface area contributed by atoms with Crippen molar-refractivity contribution in [2.75, 3.05) is 46.5 Å². The Morgan fingerprint density at radius 2 is 1.81 bits per heavy atom. The number of piperidine rings is 1. The van der Waals surface area contributed by atoms with Gasteiger partial charge in [-0.15, -0.1) is 0 Å². The molecule has 0 radical (unpaired) electrons. The maximum Gasteiger partial charge on any atom is 0.409 e. The molecule has 8 heteroatoms. The Balaban J connectivity index is 1.54. The molecule has 2 rings (SSSR count). The van der Waals surface area contributed by atoms with Gasteiger partial charge in [0.2, 0.25) is 5.91 Å². The highest BCUT2D eigenvalue weighted by atomic mass is 16.6. The number of likely N-dealkylation sites (tertiary alicyclic amines) is 1. The van der Waals surface area contributed by atoms with E-state index in [9.17, 15) is 9.59 Å². The third kappa shape index (κ3) is 7.34. The van der Waals surface area contributed by atoms with Gasteiger partial charge in [-0.25, -0.2) is 4.79 Å². The van der Waals surface area contributed by atoms with Crippen LogP contribution in [0, 0.1) is 0 Å². The summed E-state index contributed by atoms with van der Waals surface area (Å²) < 4.78 is 15.7. The summed E-state index contributed by atoms with van der Waals surface area (Å²) in [5.41, 5.74) is 0. The van der Waals surface area contributed by atoms with Crippen LogP contribution >= 0.6 is 0 Å². The van der Waals surface area contributed by atoms with Gasteiger partial charge in [0.15, 0.2) is 0 Å². The van der Waals surface area contributed by atoms with Crippen LogP contribution in [-0.4, -0.2) is 69.4 Å². The molecule has 2 amide bonds. The second-order valence-electron chi connectivity index (χ2n) is 6.23. The lowest BCUT2D eigenvalue weighted by molar-refractivity contribution is -0.121. The number of nitrogens with one attached hydrogen (secondary N) is 2. The maximum atomic E-state index is 12.0. The summed E-state index contributed by atoms with van der Waals surface area (Å²) in [7, 11) is 1.62. The highest BCUT2D eigenvalue weighted by molar-refractivity contribution is 5.78. The number of nitrogens with zero attached hydrogens (tertiary/aromatic N) is 1. The van der Waals surface area contributed by atoms with E-state index in [2.05, 4.69) is 10.6 Å². The van der Waals surface area contributed by atoms with Crippen LogP contribution in [0.2, 0.25) is 0 Å². The second-order valence-corrected chi connectivity index (χ2v) is 6.23. The standard InChI is InChI=1S/C19H29N3O5/c1-3-26-19(24)22-11-8-15(9-12-22)21-18(23)14-20-10-13-27-17-6-4-16(25-2)5-7-17/h4-7,15,20H,3,8-14H2,1-2H3,(H,21,23). The van der Waals surface area contributed by atoms with Crippen molar-refractivity contribution in [3.8, 4) is 11.5 Å². The van der Waals surface area contributed by atoms with E-state index in [1.54, 1.807) is 18.9 Å². The Bertz CT molecular complexity index is 586. The lowest BCUT2D eigenvalue weighted by Gasteiger charge is -2.31. The molecule has 1 saturated heterocycles. The van der Waals surface area contributed by atoms with Crippen molar-refractivity contribution in [1.82, 2.24) is 15.5 Å². The third-order valence-electron chi connectivity index (χ3n) is 4.28. The maximum absolute atomic E-state index is 12.0. The van der Waals surface area contributed by atoms with Gasteiger partial charge >= 0.3 is 6.09 Å². The van der Waals surface area contributed by atoms with Crippen LogP contribution in [-0.2, 0) is 9.53 Å². The molecule has 1 aromatic rings. The zero-order valence-electron chi connectivity index (χ0n) is 16.0. The molecule has 27 heavy (non-hydrogen) atoms. The van der Waals surface area contributed by atoms with Crippen molar-refractivity contribution in [2.45, 2.75) is 25.8 Å². The Labute approximate surface area is 160 Å². The van der Waals surface area contributed by atoms with E-state index in [0.29, 0.717) is 32.8 Å². The molecule has 0 aromatic heterocycles. The molecular weight excluding hydrogens is 350 g/mol. The molecule has 0 saturated carbocycles. The average Bonchev–Trinajstić information content (AvgIpc) is 2.69. The van der Waals surface area contributed by atoms with E-state index < -0.39 is 0 Å². The molecule has 1 fully saturated rings. The molecule has 150 valence electrons. The predicted molar refractivity (Wildman–Crippen MR) is 101 cm³/mol. The van der Waals surface area contributed by atoms with Gasteiger partial charge in [0.1, 0.15) is 18.1 Å². The molecule has 0 aliphatic carbocycles. The van der Waals surface area contributed by atoms with Gasteiger partial charge in [-0.1, -0.05) is 0 Å². The van der Waals surface area contributed by atoms with Gasteiger partial charge < -0.3 is 29.7 Å². The van der Waals surface area contributed by atoms with Gasteiger partial charge in [-0.2, -0.15) is 0 Å². The Morgan fingerprint density at radius 3 is 2.44 bits per heavy atom. The number of carbonyl (C=O) groups is 2. The average molecular weight is 379 g/mol. The smallest absolute Gasteiger partial charge is 0.409 e. The Kier molecular flexibility index (Phi) is 8.70. The lowest BCUT2D eigenvalue weighted by atomic mass is 10.1. The molecule has 0 spiro atoms. The van der Waals surface area contributed by atoms with Crippen LogP contribution in [0.25, 0.3) is 0 Å². The summed E-state index contributed by atoms with van der Waals surface area (Å²) in [6.45, 7) is 4.66. The van der Waals surface area contributed by atoms with Crippen LogP contribution in [0.15, 0.2) is 24.3 Å². The van der Waals surface area contributed by atoms with Gasteiger partial charge in [0, 0.05) is 25.7 Å². The molecule has 0 atom stereocenters. The number of amides is 2. The summed E-state index contributed by atoms with van der Waals surface area (Å²) in [5, 5.41) is 6.06. The van der Waals surface area contributed by atoms with Crippen LogP contribution < -0.4 is 20.1 Å². The zero-order chi connectivity index (χ0) is 19.5. The largest absolute Gasteiger partial charge is 0.497 e. The normalized spacial score (nSPS) is 14.5. The van der Waals surface area contributed by atoms with Gasteiger partial charge in [-0.05, 0) is 44.0 Å². The molecule has 0 unspecified atom stereocenters. The summed E-state index contributed by atoms with van der Waals surface area (Å²) in [4.78, 5) is 25.3. The number of hydrogen-bond acceptors (Lipinski definition) is 6. The number of methoxy groups -OCH3 is 1. The molecule has 1 heterocycles. The second kappa shape index (κ2) is 11.3. The Hall–Kier alpha value is -2.48. The number of rotatable bonds is 9. The lowest BCUT2D eigenvalue weighted by Crippen LogP contribution is -2.48. The number of hydrogen-bond donors (Lipinski definition) is 2. The van der Waals surface area contributed by atoms with Crippen molar-refractivity contribution < 1.29 is 23.8 Å². The third-order valence-corrected chi connectivity index (χ3v) is 4.28. The van der Waals surface area contributed by atoms with E-state index in [1.807, 2.05) is 24.3 Å². The fourth-order valence-corrected chi connectivity index (χ4v) is 2.81. The minimum atomic E-state index is -0.277. The first-order valence-corrected chi connectivity index (χ1v) is 9.31. The van der Waals surface area contributed by atoms with E-state index in [1.165, 1.54) is 0 Å². The molecule has 8 nitrogen and oxygen atoms in total. The van der Waals surface area contributed by atoms with Crippen molar-refractivity contribution in [3.05, 3.63) is 24.3 Å². The molecule has 2 N–H and O–H groups in total. The van der Waals surface area contributed by atoms with Crippen LogP contribution in [0.3, 0.4) is 0 Å². The first kappa shape index (κ1) is 20.8. The highest BCUT2D eigenvalue weighted by Crippen LogP contribution is 2.16. The van der Waals surface area contributed by atoms with Crippen LogP contribution in [0.4, 0.5) is 4.79 Å². The first-order valence-electron chi connectivity index (χ1n) is 9.31. The van der Waals surface area contributed by atoms with Crippen molar-refractivity contribution in [1.29, 1.82) is 0 Å². The van der Waals surface area contributed by atoms with Crippen LogP contribution in [0.5, 0.6) is 11.5 Å². The number of carbonyl (C=O) groups excluding carboxylic acids is 2. The quantitative estimate of drug-likeness (QED) is 0.631. The SMILES string of the molecule is CCOC(=O)N1CCC(NC(=O)CNCCOc2ccc(OC)cc2)CC1. The van der Waals surface area contributed by atoms with E-state index in [4.69, 9.17) is 14.2 Å². The van der Waals surface area contributed by atoms with Gasteiger partial charge in [-0.3, -0.25) is 4.79 Å². The summed E-state index contributed by atoms with van der Waals surface area (Å²) in [6.07, 6.45) is 1.21. The van der Waals surface area contributed by atoms with E-state index in [0.717, 1.165) is 24.3 Å². The molecule has 1 aliphatic rings. The first-order chi connectivity index (χ1) is 13.1.